The van der Waals surface area contributed by atoms with Crippen molar-refractivity contribution in [3.63, 3.8) is 0 Å². The van der Waals surface area contributed by atoms with E-state index in [1.807, 2.05) is 24.4 Å². The molecule has 10 heteroatoms. The van der Waals surface area contributed by atoms with E-state index in [1.54, 1.807) is 38.2 Å². The molecule has 0 saturated heterocycles. The maximum Gasteiger partial charge on any atom is 0.246 e. The van der Waals surface area contributed by atoms with Crippen molar-refractivity contribution in [1.82, 2.24) is 15.0 Å². The predicted octanol–water partition coefficient (Wildman–Crippen LogP) is 2.92. The fraction of sp³-hybridized carbons (Fsp3) is 0.316. The van der Waals surface area contributed by atoms with Gasteiger partial charge < -0.3 is 9.42 Å². The molecule has 0 aliphatic rings. The average Bonchev–Trinajstić information content (AvgIpc) is 3.33. The summed E-state index contributed by atoms with van der Waals surface area (Å²) in [5.74, 6) is 0.353. The first kappa shape index (κ1) is 21.0. The molecule has 3 rings (SSSR count). The third-order valence-electron chi connectivity index (χ3n) is 4.31. The van der Waals surface area contributed by atoms with Gasteiger partial charge >= 0.3 is 0 Å². The summed E-state index contributed by atoms with van der Waals surface area (Å²) in [7, 11) is -2.10. The highest BCUT2D eigenvalue weighted by Crippen LogP contribution is 2.23. The quantitative estimate of drug-likeness (QED) is 0.567. The van der Waals surface area contributed by atoms with Gasteiger partial charge in [-0.2, -0.15) is 4.98 Å². The fourth-order valence-electron chi connectivity index (χ4n) is 2.92. The summed E-state index contributed by atoms with van der Waals surface area (Å²) in [6, 6.07) is 9.81. The summed E-state index contributed by atoms with van der Waals surface area (Å²) in [5, 5.41) is 5.84. The number of hydrogen-bond donors (Lipinski definition) is 0. The third kappa shape index (κ3) is 4.83. The van der Waals surface area contributed by atoms with Crippen LogP contribution in [0.4, 0.5) is 5.69 Å². The molecular formula is C19H22N4O4S2. The van der Waals surface area contributed by atoms with E-state index in [-0.39, 0.29) is 18.3 Å². The van der Waals surface area contributed by atoms with Crippen molar-refractivity contribution in [3.8, 4) is 10.7 Å². The Morgan fingerprint density at radius 3 is 2.52 bits per heavy atom. The Balaban J connectivity index is 1.77. The highest BCUT2D eigenvalue weighted by Gasteiger charge is 2.31. The summed E-state index contributed by atoms with van der Waals surface area (Å²) in [6.07, 6.45) is 1.09. The predicted molar refractivity (Wildman–Crippen MR) is 112 cm³/mol. The SMILES string of the molecule is Cc1ccc(N([C@@H](C)C(=O)N(C)Cc2nc(-c3cccs3)no2)S(C)(=O)=O)cc1. The zero-order chi connectivity index (χ0) is 21.2. The Labute approximate surface area is 173 Å². The van der Waals surface area contributed by atoms with E-state index in [4.69, 9.17) is 4.52 Å². The molecule has 0 bridgehead atoms. The Morgan fingerprint density at radius 1 is 1.24 bits per heavy atom. The maximum absolute atomic E-state index is 12.9. The average molecular weight is 435 g/mol. The molecule has 0 N–H and O–H groups in total. The van der Waals surface area contributed by atoms with Gasteiger partial charge in [0.25, 0.3) is 0 Å². The molecule has 0 radical (unpaired) electrons. The van der Waals surface area contributed by atoms with Crippen molar-refractivity contribution in [1.29, 1.82) is 0 Å². The first-order valence-corrected chi connectivity index (χ1v) is 11.6. The van der Waals surface area contributed by atoms with Gasteiger partial charge in [0.05, 0.1) is 23.4 Å². The van der Waals surface area contributed by atoms with E-state index in [1.165, 1.54) is 16.2 Å². The van der Waals surface area contributed by atoms with Crippen LogP contribution in [0.25, 0.3) is 10.7 Å². The molecule has 2 aromatic heterocycles. The summed E-state index contributed by atoms with van der Waals surface area (Å²) in [5.41, 5.74) is 1.43. The standard InChI is InChI=1S/C19H22N4O4S2/c1-13-7-9-15(10-8-13)23(29(4,25)26)14(2)19(24)22(3)12-17-20-18(21-27-17)16-6-5-11-28-16/h5-11,14H,12H2,1-4H3/t14-/m0/s1. The van der Waals surface area contributed by atoms with Crippen LogP contribution in [0.15, 0.2) is 46.3 Å². The van der Waals surface area contributed by atoms with Crippen LogP contribution in [0.5, 0.6) is 0 Å². The molecule has 0 fully saturated rings. The molecule has 0 aliphatic heterocycles. The number of anilines is 1. The van der Waals surface area contributed by atoms with Crippen LogP contribution in [0.3, 0.4) is 0 Å². The van der Waals surface area contributed by atoms with Gasteiger partial charge in [-0.05, 0) is 37.4 Å². The lowest BCUT2D eigenvalue weighted by Gasteiger charge is -2.30. The van der Waals surface area contributed by atoms with Gasteiger partial charge in [-0.3, -0.25) is 9.10 Å². The fourth-order valence-corrected chi connectivity index (χ4v) is 4.74. The molecule has 1 amide bonds. The van der Waals surface area contributed by atoms with Gasteiger partial charge in [-0.15, -0.1) is 11.3 Å². The molecule has 8 nitrogen and oxygen atoms in total. The number of benzene rings is 1. The van der Waals surface area contributed by atoms with Crippen molar-refractivity contribution >= 4 is 33.0 Å². The number of rotatable bonds is 7. The van der Waals surface area contributed by atoms with Gasteiger partial charge in [0, 0.05) is 7.05 Å². The first-order valence-electron chi connectivity index (χ1n) is 8.84. The summed E-state index contributed by atoms with van der Waals surface area (Å²) < 4.78 is 31.1. The number of carbonyl (C=O) groups is 1. The van der Waals surface area contributed by atoms with Crippen molar-refractivity contribution in [3.05, 3.63) is 53.2 Å². The van der Waals surface area contributed by atoms with Gasteiger partial charge in [-0.1, -0.05) is 28.9 Å². The molecule has 1 atom stereocenters. The number of thiophene rings is 1. The van der Waals surface area contributed by atoms with Crippen LogP contribution >= 0.6 is 11.3 Å². The first-order chi connectivity index (χ1) is 13.7. The lowest BCUT2D eigenvalue weighted by Crippen LogP contribution is -2.48. The Morgan fingerprint density at radius 2 is 1.93 bits per heavy atom. The number of carbonyl (C=O) groups excluding carboxylic acids is 1. The van der Waals surface area contributed by atoms with E-state index in [0.29, 0.717) is 11.5 Å². The van der Waals surface area contributed by atoms with Crippen molar-refractivity contribution in [2.75, 3.05) is 17.6 Å². The molecule has 29 heavy (non-hydrogen) atoms. The maximum atomic E-state index is 12.9. The van der Waals surface area contributed by atoms with E-state index < -0.39 is 16.1 Å². The second-order valence-corrected chi connectivity index (χ2v) is 9.56. The summed E-state index contributed by atoms with van der Waals surface area (Å²) in [6.45, 7) is 3.55. The van der Waals surface area contributed by atoms with Crippen molar-refractivity contribution in [2.45, 2.75) is 26.4 Å². The smallest absolute Gasteiger partial charge is 0.246 e. The normalized spacial score (nSPS) is 12.6. The summed E-state index contributed by atoms with van der Waals surface area (Å²) in [4.78, 5) is 19.5. The van der Waals surface area contributed by atoms with Crippen LogP contribution in [-0.4, -0.2) is 48.7 Å². The zero-order valence-electron chi connectivity index (χ0n) is 16.6. The topological polar surface area (TPSA) is 96.6 Å². The monoisotopic (exact) mass is 434 g/mol. The Kier molecular flexibility index (Phi) is 6.04. The number of likely N-dealkylation sites (N-methyl/N-ethyl adjacent to an activating group) is 1. The van der Waals surface area contributed by atoms with E-state index in [9.17, 15) is 13.2 Å². The second kappa shape index (κ2) is 8.34. The lowest BCUT2D eigenvalue weighted by atomic mass is 10.2. The lowest BCUT2D eigenvalue weighted by molar-refractivity contribution is -0.131. The van der Waals surface area contributed by atoms with Crippen LogP contribution in [0.2, 0.25) is 0 Å². The number of aromatic nitrogens is 2. The molecule has 154 valence electrons. The number of sulfonamides is 1. The molecule has 0 unspecified atom stereocenters. The zero-order valence-corrected chi connectivity index (χ0v) is 18.2. The molecule has 2 heterocycles. The highest BCUT2D eigenvalue weighted by molar-refractivity contribution is 7.92. The Hall–Kier alpha value is -2.72. The van der Waals surface area contributed by atoms with Gasteiger partial charge in [0.1, 0.15) is 6.04 Å². The van der Waals surface area contributed by atoms with E-state index in [2.05, 4.69) is 10.1 Å². The summed E-state index contributed by atoms with van der Waals surface area (Å²) >= 11 is 1.49. The minimum absolute atomic E-state index is 0.0764. The van der Waals surface area contributed by atoms with Gasteiger partial charge in [0.15, 0.2) is 0 Å². The van der Waals surface area contributed by atoms with Crippen molar-refractivity contribution in [2.24, 2.45) is 0 Å². The minimum atomic E-state index is -3.67. The number of aryl methyl sites for hydroxylation is 1. The molecule has 0 spiro atoms. The number of nitrogens with zero attached hydrogens (tertiary/aromatic N) is 4. The van der Waals surface area contributed by atoms with E-state index in [0.717, 1.165) is 21.0 Å². The van der Waals surface area contributed by atoms with Crippen LogP contribution in [0, 0.1) is 6.92 Å². The minimum Gasteiger partial charge on any atom is -0.337 e. The second-order valence-electron chi connectivity index (χ2n) is 6.75. The molecule has 1 aromatic carbocycles. The molecule has 3 aromatic rings. The highest BCUT2D eigenvalue weighted by atomic mass is 32.2. The molecular weight excluding hydrogens is 412 g/mol. The van der Waals surface area contributed by atoms with Crippen LogP contribution in [0.1, 0.15) is 18.4 Å². The third-order valence-corrected chi connectivity index (χ3v) is 6.42. The van der Waals surface area contributed by atoms with Crippen LogP contribution < -0.4 is 4.31 Å². The molecule has 0 aliphatic carbocycles. The largest absolute Gasteiger partial charge is 0.337 e. The number of amides is 1. The van der Waals surface area contributed by atoms with Crippen molar-refractivity contribution < 1.29 is 17.7 Å². The van der Waals surface area contributed by atoms with E-state index >= 15 is 0 Å². The van der Waals surface area contributed by atoms with Crippen LogP contribution in [-0.2, 0) is 21.4 Å². The van der Waals surface area contributed by atoms with Gasteiger partial charge in [0.2, 0.25) is 27.6 Å². The Bertz CT molecular complexity index is 1080. The number of hydrogen-bond acceptors (Lipinski definition) is 7. The van der Waals surface area contributed by atoms with Gasteiger partial charge in [-0.25, -0.2) is 8.42 Å². The molecule has 0 saturated carbocycles.